The van der Waals surface area contributed by atoms with Gasteiger partial charge >= 0.3 is 0 Å². The molecule has 3 atom stereocenters. The van der Waals surface area contributed by atoms with E-state index in [-0.39, 0.29) is 11.9 Å². The van der Waals surface area contributed by atoms with Gasteiger partial charge in [0.2, 0.25) is 5.91 Å². The van der Waals surface area contributed by atoms with Gasteiger partial charge in [0.1, 0.15) is 6.04 Å². The lowest BCUT2D eigenvalue weighted by atomic mass is 10.1. The van der Waals surface area contributed by atoms with Gasteiger partial charge in [-0.2, -0.15) is 5.10 Å². The Morgan fingerprint density at radius 2 is 2.35 bits per heavy atom. The van der Waals surface area contributed by atoms with E-state index in [2.05, 4.69) is 10.4 Å². The maximum absolute atomic E-state index is 11.8. The minimum atomic E-state index is -0.938. The fourth-order valence-electron chi connectivity index (χ4n) is 1.48. The number of nitrogens with one attached hydrogen (secondary N) is 1. The largest absolute Gasteiger partial charge is 0.351 e. The minimum absolute atomic E-state index is 0.156. The molecule has 3 N–H and O–H groups in total. The molecule has 0 saturated carbocycles. The summed E-state index contributed by atoms with van der Waals surface area (Å²) in [7, 11) is 0.823. The standard InChI is InChI=1S/C10H18N4O2S/c1-7(6-17(3)16)13-10(15)9(11)8-4-12-14(2)5-8/h4-5,7,9H,6,11H2,1-3H3,(H,13,15). The van der Waals surface area contributed by atoms with Crippen molar-refractivity contribution < 1.29 is 9.00 Å². The van der Waals surface area contributed by atoms with Gasteiger partial charge in [-0.1, -0.05) is 0 Å². The third-order valence-corrected chi connectivity index (χ3v) is 3.21. The number of rotatable bonds is 5. The molecular formula is C10H18N4O2S. The number of nitrogens with two attached hydrogens (primary N) is 1. The molecule has 17 heavy (non-hydrogen) atoms. The first-order valence-electron chi connectivity index (χ1n) is 5.24. The lowest BCUT2D eigenvalue weighted by molar-refractivity contribution is -0.122. The fraction of sp³-hybridized carbons (Fsp3) is 0.600. The third kappa shape index (κ3) is 4.27. The van der Waals surface area contributed by atoms with E-state index in [9.17, 15) is 9.00 Å². The molecule has 1 amide bonds. The number of aromatic nitrogens is 2. The molecule has 6 nitrogen and oxygen atoms in total. The van der Waals surface area contributed by atoms with Crippen molar-refractivity contribution in [2.24, 2.45) is 12.8 Å². The highest BCUT2D eigenvalue weighted by atomic mass is 32.2. The normalized spacial score (nSPS) is 16.2. The zero-order chi connectivity index (χ0) is 13.0. The van der Waals surface area contributed by atoms with Crippen LogP contribution in [0.1, 0.15) is 18.5 Å². The van der Waals surface area contributed by atoms with E-state index in [1.165, 1.54) is 0 Å². The van der Waals surface area contributed by atoms with Crippen LogP contribution in [0.5, 0.6) is 0 Å². The van der Waals surface area contributed by atoms with Crippen molar-refractivity contribution >= 4 is 16.7 Å². The van der Waals surface area contributed by atoms with E-state index < -0.39 is 16.8 Å². The van der Waals surface area contributed by atoms with E-state index in [0.717, 1.165) is 0 Å². The Bertz CT molecular complexity index is 418. The Morgan fingerprint density at radius 3 is 2.82 bits per heavy atom. The zero-order valence-corrected chi connectivity index (χ0v) is 11.0. The summed E-state index contributed by atoms with van der Waals surface area (Å²) in [6.45, 7) is 1.80. The third-order valence-electron chi connectivity index (χ3n) is 2.24. The molecule has 7 heteroatoms. The van der Waals surface area contributed by atoms with E-state index in [1.54, 1.807) is 37.3 Å². The Morgan fingerprint density at radius 1 is 1.71 bits per heavy atom. The van der Waals surface area contributed by atoms with Gasteiger partial charge in [-0.25, -0.2) is 0 Å². The predicted molar refractivity (Wildman–Crippen MR) is 66.7 cm³/mol. The summed E-state index contributed by atoms with van der Waals surface area (Å²) in [5, 5.41) is 6.68. The fourth-order valence-corrected chi connectivity index (χ4v) is 2.27. The summed E-state index contributed by atoms with van der Waals surface area (Å²) in [4.78, 5) is 11.8. The van der Waals surface area contributed by atoms with Crippen LogP contribution >= 0.6 is 0 Å². The molecule has 0 aromatic carbocycles. The number of amides is 1. The van der Waals surface area contributed by atoms with Gasteiger partial charge in [0.25, 0.3) is 0 Å². The maximum atomic E-state index is 11.8. The van der Waals surface area contributed by atoms with Crippen LogP contribution in [-0.2, 0) is 22.6 Å². The Kier molecular flexibility index (Phi) is 4.83. The van der Waals surface area contributed by atoms with Crippen molar-refractivity contribution in [1.82, 2.24) is 15.1 Å². The van der Waals surface area contributed by atoms with Crippen molar-refractivity contribution in [1.29, 1.82) is 0 Å². The quantitative estimate of drug-likeness (QED) is 0.731. The number of carbonyl (C=O) groups is 1. The Hall–Kier alpha value is -1.21. The molecule has 0 radical (unpaired) electrons. The van der Waals surface area contributed by atoms with E-state index in [4.69, 9.17) is 5.73 Å². The molecule has 1 aromatic rings. The van der Waals surface area contributed by atoms with Gasteiger partial charge in [-0.3, -0.25) is 13.7 Å². The summed E-state index contributed by atoms with van der Waals surface area (Å²) in [5.74, 6) is 0.141. The van der Waals surface area contributed by atoms with Gasteiger partial charge in [0.05, 0.1) is 6.20 Å². The smallest absolute Gasteiger partial charge is 0.241 e. The van der Waals surface area contributed by atoms with Crippen molar-refractivity contribution in [2.75, 3.05) is 12.0 Å². The van der Waals surface area contributed by atoms with Crippen LogP contribution in [0.2, 0.25) is 0 Å². The van der Waals surface area contributed by atoms with Crippen molar-refractivity contribution in [3.8, 4) is 0 Å². The van der Waals surface area contributed by atoms with Gasteiger partial charge in [0, 0.05) is 47.7 Å². The SMILES string of the molecule is CC(CS(C)=O)NC(=O)C(N)c1cnn(C)c1. The van der Waals surface area contributed by atoms with Crippen LogP contribution in [0.4, 0.5) is 0 Å². The second kappa shape index (κ2) is 5.92. The summed E-state index contributed by atoms with van der Waals surface area (Å²) in [6.07, 6.45) is 4.86. The number of carbonyl (C=O) groups excluding carboxylic acids is 1. The molecule has 0 aliphatic rings. The molecule has 1 heterocycles. The van der Waals surface area contributed by atoms with Crippen LogP contribution < -0.4 is 11.1 Å². The average molecular weight is 258 g/mol. The van der Waals surface area contributed by atoms with Gasteiger partial charge in [0.15, 0.2) is 0 Å². The lowest BCUT2D eigenvalue weighted by Gasteiger charge is -2.15. The summed E-state index contributed by atoms with van der Waals surface area (Å²) in [6, 6.07) is -0.896. The molecule has 0 aliphatic heterocycles. The molecule has 1 rings (SSSR count). The molecule has 3 unspecified atom stereocenters. The summed E-state index contributed by atoms with van der Waals surface area (Å²) < 4.78 is 12.6. The van der Waals surface area contributed by atoms with E-state index in [1.807, 2.05) is 0 Å². The number of aryl methyl sites for hydroxylation is 1. The minimum Gasteiger partial charge on any atom is -0.351 e. The van der Waals surface area contributed by atoms with Crippen LogP contribution in [0.25, 0.3) is 0 Å². The number of hydrogen-bond donors (Lipinski definition) is 2. The molecule has 1 aromatic heterocycles. The Labute approximate surface area is 103 Å². The lowest BCUT2D eigenvalue weighted by Crippen LogP contribution is -2.41. The van der Waals surface area contributed by atoms with Crippen molar-refractivity contribution in [2.45, 2.75) is 19.0 Å². The highest BCUT2D eigenvalue weighted by Crippen LogP contribution is 2.08. The molecule has 0 aliphatic carbocycles. The van der Waals surface area contributed by atoms with Crippen LogP contribution in [0.3, 0.4) is 0 Å². The predicted octanol–water partition coefficient (Wildman–Crippen LogP) is -0.697. The van der Waals surface area contributed by atoms with E-state index in [0.29, 0.717) is 11.3 Å². The first-order chi connectivity index (χ1) is 7.90. The first-order valence-corrected chi connectivity index (χ1v) is 6.97. The average Bonchev–Trinajstić information content (AvgIpc) is 2.62. The second-order valence-electron chi connectivity index (χ2n) is 4.07. The second-order valence-corrected chi connectivity index (χ2v) is 5.55. The molecule has 96 valence electrons. The van der Waals surface area contributed by atoms with Gasteiger partial charge in [-0.15, -0.1) is 0 Å². The van der Waals surface area contributed by atoms with Crippen LogP contribution in [0.15, 0.2) is 12.4 Å². The summed E-state index contributed by atoms with van der Waals surface area (Å²) >= 11 is 0. The number of hydrogen-bond acceptors (Lipinski definition) is 4. The monoisotopic (exact) mass is 258 g/mol. The zero-order valence-electron chi connectivity index (χ0n) is 10.2. The highest BCUT2D eigenvalue weighted by Gasteiger charge is 2.19. The van der Waals surface area contributed by atoms with E-state index >= 15 is 0 Å². The van der Waals surface area contributed by atoms with Crippen molar-refractivity contribution in [3.63, 3.8) is 0 Å². The van der Waals surface area contributed by atoms with Gasteiger partial charge in [-0.05, 0) is 6.92 Å². The molecule has 0 fully saturated rings. The van der Waals surface area contributed by atoms with Crippen LogP contribution in [0, 0.1) is 0 Å². The topological polar surface area (TPSA) is 90.0 Å². The molecule has 0 saturated heterocycles. The maximum Gasteiger partial charge on any atom is 0.241 e. The molecule has 0 bridgehead atoms. The summed E-state index contributed by atoms with van der Waals surface area (Å²) in [5.41, 5.74) is 6.45. The van der Waals surface area contributed by atoms with Gasteiger partial charge < -0.3 is 11.1 Å². The number of nitrogens with zero attached hydrogens (tertiary/aromatic N) is 2. The molecule has 0 spiro atoms. The Balaban J connectivity index is 2.55. The van der Waals surface area contributed by atoms with Crippen LogP contribution in [-0.4, -0.2) is 37.9 Å². The highest BCUT2D eigenvalue weighted by molar-refractivity contribution is 7.84. The first kappa shape index (κ1) is 13.9. The molecular weight excluding hydrogens is 240 g/mol. The van der Waals surface area contributed by atoms with Crippen molar-refractivity contribution in [3.05, 3.63) is 18.0 Å².